The Morgan fingerprint density at radius 1 is 1.13 bits per heavy atom. The second-order valence-electron chi connectivity index (χ2n) is 6.50. The lowest BCUT2D eigenvalue weighted by Crippen LogP contribution is -2.15. The Hall–Kier alpha value is -3.17. The van der Waals surface area contributed by atoms with E-state index in [0.29, 0.717) is 28.8 Å². The summed E-state index contributed by atoms with van der Waals surface area (Å²) in [6, 6.07) is 12.9. The molecule has 0 saturated carbocycles. The molecule has 7 nitrogen and oxygen atoms in total. The number of nitrogens with zero attached hydrogens (tertiary/aromatic N) is 2. The standard InChI is InChI=1S/C21H21FN4O3S/c1-14(28)24-17-3-2-4-18(9-17)25-20(29)13-30-21-23-10-19(12-27)26(21)11-15-5-7-16(22)8-6-15/h2-10,27H,11-13H2,1H3,(H,24,28)(H,25,29). The fraction of sp³-hybridized carbons (Fsp3) is 0.190. The number of hydrogen-bond acceptors (Lipinski definition) is 5. The SMILES string of the molecule is CC(=O)Nc1cccc(NC(=O)CSc2ncc(CO)n2Cc2ccc(F)cc2)c1. The number of hydrogen-bond donors (Lipinski definition) is 3. The maximum atomic E-state index is 13.1. The highest BCUT2D eigenvalue weighted by Crippen LogP contribution is 2.22. The molecule has 0 radical (unpaired) electrons. The first-order valence-corrected chi connectivity index (χ1v) is 10.1. The molecule has 0 bridgehead atoms. The van der Waals surface area contributed by atoms with Crippen molar-refractivity contribution in [2.45, 2.75) is 25.2 Å². The number of anilines is 2. The minimum absolute atomic E-state index is 0.107. The van der Waals surface area contributed by atoms with Crippen molar-refractivity contribution in [3.63, 3.8) is 0 Å². The molecule has 156 valence electrons. The maximum Gasteiger partial charge on any atom is 0.234 e. The van der Waals surface area contributed by atoms with Gasteiger partial charge in [0.15, 0.2) is 5.16 Å². The van der Waals surface area contributed by atoms with Crippen molar-refractivity contribution in [1.82, 2.24) is 9.55 Å². The Bertz CT molecular complexity index is 1040. The number of aromatic nitrogens is 2. The molecule has 0 aliphatic carbocycles. The summed E-state index contributed by atoms with van der Waals surface area (Å²) >= 11 is 1.23. The molecule has 9 heteroatoms. The molecule has 0 aliphatic heterocycles. The fourth-order valence-electron chi connectivity index (χ4n) is 2.78. The van der Waals surface area contributed by atoms with Gasteiger partial charge in [-0.05, 0) is 35.9 Å². The smallest absolute Gasteiger partial charge is 0.234 e. The molecular formula is C21H21FN4O3S. The Morgan fingerprint density at radius 2 is 1.83 bits per heavy atom. The Balaban J connectivity index is 1.64. The largest absolute Gasteiger partial charge is 0.390 e. The van der Waals surface area contributed by atoms with E-state index in [2.05, 4.69) is 15.6 Å². The number of thioether (sulfide) groups is 1. The van der Waals surface area contributed by atoms with E-state index in [9.17, 15) is 19.1 Å². The van der Waals surface area contributed by atoms with Gasteiger partial charge >= 0.3 is 0 Å². The summed E-state index contributed by atoms with van der Waals surface area (Å²) in [6.07, 6.45) is 1.56. The Labute approximate surface area is 177 Å². The van der Waals surface area contributed by atoms with Gasteiger partial charge in [0.25, 0.3) is 0 Å². The van der Waals surface area contributed by atoms with Crippen LogP contribution in [-0.2, 0) is 22.7 Å². The summed E-state index contributed by atoms with van der Waals surface area (Å²) in [7, 11) is 0. The molecule has 3 rings (SSSR count). The highest BCUT2D eigenvalue weighted by molar-refractivity contribution is 7.99. The third kappa shape index (κ3) is 5.91. The highest BCUT2D eigenvalue weighted by Gasteiger charge is 2.13. The zero-order chi connectivity index (χ0) is 21.5. The van der Waals surface area contributed by atoms with Crippen LogP contribution in [0.4, 0.5) is 15.8 Å². The van der Waals surface area contributed by atoms with E-state index in [1.165, 1.54) is 30.8 Å². The van der Waals surface area contributed by atoms with Gasteiger partial charge < -0.3 is 20.3 Å². The number of amides is 2. The fourth-order valence-corrected chi connectivity index (χ4v) is 3.58. The number of carbonyl (C=O) groups excluding carboxylic acids is 2. The first-order chi connectivity index (χ1) is 14.4. The molecule has 2 aromatic carbocycles. The Kier molecular flexibility index (Phi) is 7.21. The molecule has 1 heterocycles. The third-order valence-electron chi connectivity index (χ3n) is 4.12. The van der Waals surface area contributed by atoms with E-state index in [1.54, 1.807) is 47.2 Å². The molecule has 0 unspecified atom stereocenters. The second kappa shape index (κ2) is 10.0. The lowest BCUT2D eigenvalue weighted by Gasteiger charge is -2.11. The number of rotatable bonds is 8. The number of aliphatic hydroxyl groups excluding tert-OH is 1. The van der Waals surface area contributed by atoms with Gasteiger partial charge in [-0.1, -0.05) is 30.0 Å². The van der Waals surface area contributed by atoms with Crippen molar-refractivity contribution in [2.24, 2.45) is 0 Å². The third-order valence-corrected chi connectivity index (χ3v) is 5.11. The van der Waals surface area contributed by atoms with Crippen molar-refractivity contribution in [2.75, 3.05) is 16.4 Å². The summed E-state index contributed by atoms with van der Waals surface area (Å²) in [5, 5.41) is 15.6. The maximum absolute atomic E-state index is 13.1. The average Bonchev–Trinajstić information content (AvgIpc) is 3.09. The molecule has 3 aromatic rings. The second-order valence-corrected chi connectivity index (χ2v) is 7.44. The van der Waals surface area contributed by atoms with Crippen LogP contribution < -0.4 is 10.6 Å². The topological polar surface area (TPSA) is 96.2 Å². The molecular weight excluding hydrogens is 407 g/mol. The molecule has 0 fully saturated rings. The van der Waals surface area contributed by atoms with Gasteiger partial charge in [0.1, 0.15) is 5.82 Å². The number of carbonyl (C=O) groups is 2. The van der Waals surface area contributed by atoms with Crippen LogP contribution in [0.5, 0.6) is 0 Å². The van der Waals surface area contributed by atoms with Gasteiger partial charge in [-0.25, -0.2) is 9.37 Å². The van der Waals surface area contributed by atoms with Crippen LogP contribution in [0.1, 0.15) is 18.2 Å². The molecule has 30 heavy (non-hydrogen) atoms. The quantitative estimate of drug-likeness (QED) is 0.479. The summed E-state index contributed by atoms with van der Waals surface area (Å²) in [5.74, 6) is -0.639. The summed E-state index contributed by atoms with van der Waals surface area (Å²) in [5.41, 5.74) is 2.61. The van der Waals surface area contributed by atoms with E-state index in [1.807, 2.05) is 0 Å². The van der Waals surface area contributed by atoms with E-state index >= 15 is 0 Å². The number of aliphatic hydroxyl groups is 1. The van der Waals surface area contributed by atoms with Crippen molar-refractivity contribution < 1.29 is 19.1 Å². The van der Waals surface area contributed by atoms with Crippen LogP contribution in [0.15, 0.2) is 59.9 Å². The van der Waals surface area contributed by atoms with Crippen molar-refractivity contribution in [1.29, 1.82) is 0 Å². The molecule has 0 spiro atoms. The predicted molar refractivity (Wildman–Crippen MR) is 114 cm³/mol. The van der Waals surface area contributed by atoms with Crippen molar-refractivity contribution in [3.05, 3.63) is 71.8 Å². The van der Waals surface area contributed by atoms with Gasteiger partial charge in [0.2, 0.25) is 11.8 Å². The molecule has 1 aromatic heterocycles. The molecule has 0 aliphatic rings. The van der Waals surface area contributed by atoms with Crippen LogP contribution in [0.25, 0.3) is 0 Å². The zero-order valence-electron chi connectivity index (χ0n) is 16.3. The van der Waals surface area contributed by atoms with Crippen LogP contribution in [0.2, 0.25) is 0 Å². The molecule has 0 atom stereocenters. The van der Waals surface area contributed by atoms with Crippen LogP contribution in [0, 0.1) is 5.82 Å². The van der Waals surface area contributed by atoms with Gasteiger partial charge in [0.05, 0.1) is 24.3 Å². The molecule has 3 N–H and O–H groups in total. The molecule has 2 amide bonds. The minimum atomic E-state index is -0.319. The van der Waals surface area contributed by atoms with Crippen LogP contribution in [0.3, 0.4) is 0 Å². The van der Waals surface area contributed by atoms with E-state index in [-0.39, 0.29) is 30.0 Å². The van der Waals surface area contributed by atoms with Crippen LogP contribution >= 0.6 is 11.8 Å². The zero-order valence-corrected chi connectivity index (χ0v) is 17.1. The Morgan fingerprint density at radius 3 is 2.50 bits per heavy atom. The number of imidazole rings is 1. The van der Waals surface area contributed by atoms with Gasteiger partial charge in [-0.15, -0.1) is 0 Å². The van der Waals surface area contributed by atoms with Crippen molar-refractivity contribution in [3.8, 4) is 0 Å². The van der Waals surface area contributed by atoms with Gasteiger partial charge in [0, 0.05) is 24.8 Å². The first-order valence-electron chi connectivity index (χ1n) is 9.14. The van der Waals surface area contributed by atoms with E-state index in [0.717, 1.165) is 5.56 Å². The average molecular weight is 428 g/mol. The summed E-state index contributed by atoms with van der Waals surface area (Å²) in [6.45, 7) is 1.62. The monoisotopic (exact) mass is 428 g/mol. The normalized spacial score (nSPS) is 10.6. The number of nitrogens with one attached hydrogen (secondary N) is 2. The van der Waals surface area contributed by atoms with Crippen molar-refractivity contribution >= 4 is 35.0 Å². The number of benzene rings is 2. The lowest BCUT2D eigenvalue weighted by atomic mass is 10.2. The number of halogens is 1. The molecule has 0 saturated heterocycles. The first kappa shape index (κ1) is 21.5. The van der Waals surface area contributed by atoms with E-state index < -0.39 is 0 Å². The van der Waals surface area contributed by atoms with Crippen LogP contribution in [-0.4, -0.2) is 32.2 Å². The van der Waals surface area contributed by atoms with Gasteiger partial charge in [-0.2, -0.15) is 0 Å². The summed E-state index contributed by atoms with van der Waals surface area (Å²) < 4.78 is 14.9. The minimum Gasteiger partial charge on any atom is -0.390 e. The van der Waals surface area contributed by atoms with Gasteiger partial charge in [-0.3, -0.25) is 9.59 Å². The lowest BCUT2D eigenvalue weighted by molar-refractivity contribution is -0.114. The highest BCUT2D eigenvalue weighted by atomic mass is 32.2. The predicted octanol–water partition coefficient (Wildman–Crippen LogP) is 3.25. The van der Waals surface area contributed by atoms with E-state index in [4.69, 9.17) is 0 Å². The summed E-state index contributed by atoms with van der Waals surface area (Å²) in [4.78, 5) is 27.8.